The van der Waals surface area contributed by atoms with E-state index in [9.17, 15) is 9.59 Å². The maximum Gasteiger partial charge on any atom is 0.322 e. The first-order valence-electron chi connectivity index (χ1n) is 14.9. The molecule has 0 spiro atoms. The van der Waals surface area contributed by atoms with Crippen LogP contribution in [0.25, 0.3) is 0 Å². The molecule has 5 rings (SSSR count). The molecule has 3 amide bonds. The van der Waals surface area contributed by atoms with Crippen LogP contribution in [-0.4, -0.2) is 59.5 Å². The maximum absolute atomic E-state index is 13.7. The number of rotatable bonds is 9. The predicted molar refractivity (Wildman–Crippen MR) is 156 cm³/mol. The standard InChI is InChI=1S/C32H45N5O2/c1-23-7-5-6-8-26(23)22-37(28-15-16-28)29-17-18-36(32(39)35-27-9-3-2-4-10-27)30(19-29)31(38)34-21-25-13-11-24(20-33)12-14-25/h2-10,24-25,28-30H,11-22,33H2,1H3,(H,34,38)(H,35,39)/t24?,25?,29?,30-/m1/s1. The highest BCUT2D eigenvalue weighted by atomic mass is 16.2. The Morgan fingerprint density at radius 1 is 0.897 bits per heavy atom. The lowest BCUT2D eigenvalue weighted by molar-refractivity contribution is -0.127. The van der Waals surface area contributed by atoms with Gasteiger partial charge in [0.25, 0.3) is 0 Å². The van der Waals surface area contributed by atoms with Crippen LogP contribution in [-0.2, 0) is 11.3 Å². The largest absolute Gasteiger partial charge is 0.354 e. The van der Waals surface area contributed by atoms with Crippen LogP contribution in [0.15, 0.2) is 54.6 Å². The van der Waals surface area contributed by atoms with Crippen molar-refractivity contribution in [3.63, 3.8) is 0 Å². The van der Waals surface area contributed by atoms with Crippen LogP contribution in [0.4, 0.5) is 10.5 Å². The molecule has 0 bridgehead atoms. The number of hydrogen-bond donors (Lipinski definition) is 3. The number of aryl methyl sites for hydroxylation is 1. The summed E-state index contributed by atoms with van der Waals surface area (Å²) in [4.78, 5) is 31.5. The Morgan fingerprint density at radius 3 is 2.28 bits per heavy atom. The molecule has 1 aliphatic heterocycles. The van der Waals surface area contributed by atoms with Gasteiger partial charge in [0.1, 0.15) is 6.04 Å². The second kappa shape index (κ2) is 13.0. The second-order valence-corrected chi connectivity index (χ2v) is 11.9. The number of hydrogen-bond acceptors (Lipinski definition) is 4. The van der Waals surface area contributed by atoms with Gasteiger partial charge in [0.05, 0.1) is 0 Å². The van der Waals surface area contributed by atoms with Gasteiger partial charge in [-0.3, -0.25) is 9.69 Å². The van der Waals surface area contributed by atoms with Crippen LogP contribution in [0.5, 0.6) is 0 Å². The minimum Gasteiger partial charge on any atom is -0.354 e. The molecule has 0 aromatic heterocycles. The average molecular weight is 532 g/mol. The zero-order valence-corrected chi connectivity index (χ0v) is 23.4. The molecule has 39 heavy (non-hydrogen) atoms. The van der Waals surface area contributed by atoms with Gasteiger partial charge < -0.3 is 21.3 Å². The van der Waals surface area contributed by atoms with Crippen molar-refractivity contribution in [1.82, 2.24) is 15.1 Å². The molecule has 2 atom stereocenters. The quantitative estimate of drug-likeness (QED) is 0.429. The first-order chi connectivity index (χ1) is 19.0. The SMILES string of the molecule is Cc1ccccc1CN(C1CC1)C1CCN(C(=O)Nc2ccccc2)[C@@H](C(=O)NCC2CCC(CN)CC2)C1. The van der Waals surface area contributed by atoms with Crippen LogP contribution in [0, 0.1) is 18.8 Å². The van der Waals surface area contributed by atoms with E-state index in [1.165, 1.54) is 24.0 Å². The monoisotopic (exact) mass is 531 g/mol. The number of nitrogens with one attached hydrogen (secondary N) is 2. The molecule has 1 unspecified atom stereocenters. The van der Waals surface area contributed by atoms with Crippen molar-refractivity contribution in [1.29, 1.82) is 0 Å². The third-order valence-corrected chi connectivity index (χ3v) is 9.13. The first-order valence-corrected chi connectivity index (χ1v) is 14.9. The molecule has 4 N–H and O–H groups in total. The van der Waals surface area contributed by atoms with Crippen LogP contribution in [0.1, 0.15) is 62.5 Å². The van der Waals surface area contributed by atoms with Gasteiger partial charge in [-0.15, -0.1) is 0 Å². The maximum atomic E-state index is 13.7. The zero-order chi connectivity index (χ0) is 27.2. The van der Waals surface area contributed by atoms with E-state index in [1.807, 2.05) is 30.3 Å². The number of anilines is 1. The molecule has 3 aliphatic rings. The van der Waals surface area contributed by atoms with Gasteiger partial charge in [-0.25, -0.2) is 4.79 Å². The van der Waals surface area contributed by atoms with Gasteiger partial charge in [0.15, 0.2) is 0 Å². The number of piperidine rings is 1. The smallest absolute Gasteiger partial charge is 0.322 e. The normalized spacial score (nSPS) is 25.4. The fourth-order valence-electron chi connectivity index (χ4n) is 6.44. The molecule has 7 nitrogen and oxygen atoms in total. The zero-order valence-electron chi connectivity index (χ0n) is 23.4. The third kappa shape index (κ3) is 7.20. The molecular weight excluding hydrogens is 486 g/mol. The van der Waals surface area contributed by atoms with E-state index in [-0.39, 0.29) is 18.0 Å². The first kappa shape index (κ1) is 27.7. The van der Waals surface area contributed by atoms with Gasteiger partial charge in [0.2, 0.25) is 5.91 Å². The molecule has 2 aromatic carbocycles. The number of nitrogens with zero attached hydrogens (tertiary/aromatic N) is 2. The van der Waals surface area contributed by atoms with Gasteiger partial charge in [-0.05, 0) is 99.9 Å². The summed E-state index contributed by atoms with van der Waals surface area (Å²) in [5, 5.41) is 6.28. The lowest BCUT2D eigenvalue weighted by atomic mass is 9.82. The highest BCUT2D eigenvalue weighted by molar-refractivity contribution is 5.94. The van der Waals surface area contributed by atoms with Gasteiger partial charge in [0, 0.05) is 37.4 Å². The Kier molecular flexibility index (Phi) is 9.20. The summed E-state index contributed by atoms with van der Waals surface area (Å²) in [6.07, 6.45) is 8.46. The van der Waals surface area contributed by atoms with E-state index >= 15 is 0 Å². The number of benzene rings is 2. The van der Waals surface area contributed by atoms with Gasteiger partial charge in [-0.1, -0.05) is 42.5 Å². The highest BCUT2D eigenvalue weighted by Crippen LogP contribution is 2.35. The van der Waals surface area contributed by atoms with Crippen LogP contribution in [0.3, 0.4) is 0 Å². The van der Waals surface area contributed by atoms with E-state index in [4.69, 9.17) is 5.73 Å². The Balaban J connectivity index is 1.28. The number of likely N-dealkylation sites (tertiary alicyclic amines) is 1. The summed E-state index contributed by atoms with van der Waals surface area (Å²) in [6.45, 7) is 5.08. The number of carbonyl (C=O) groups excluding carboxylic acids is 2. The lowest BCUT2D eigenvalue weighted by Gasteiger charge is -2.43. The Morgan fingerprint density at radius 2 is 1.59 bits per heavy atom. The highest BCUT2D eigenvalue weighted by Gasteiger charge is 2.42. The average Bonchev–Trinajstić information content (AvgIpc) is 3.81. The summed E-state index contributed by atoms with van der Waals surface area (Å²) >= 11 is 0. The summed E-state index contributed by atoms with van der Waals surface area (Å²) in [5.74, 6) is 1.09. The summed E-state index contributed by atoms with van der Waals surface area (Å²) in [5.41, 5.74) is 9.28. The predicted octanol–water partition coefficient (Wildman–Crippen LogP) is 4.91. The van der Waals surface area contributed by atoms with Crippen LogP contribution < -0.4 is 16.4 Å². The number of nitrogens with two attached hydrogens (primary N) is 1. The molecule has 2 saturated carbocycles. The molecule has 210 valence electrons. The molecule has 2 aromatic rings. The number of urea groups is 1. The van der Waals surface area contributed by atoms with E-state index < -0.39 is 6.04 Å². The van der Waals surface area contributed by atoms with Crippen LogP contribution >= 0.6 is 0 Å². The molecule has 3 fully saturated rings. The third-order valence-electron chi connectivity index (χ3n) is 9.13. The van der Waals surface area contributed by atoms with E-state index in [0.717, 1.165) is 50.9 Å². The second-order valence-electron chi connectivity index (χ2n) is 11.9. The summed E-state index contributed by atoms with van der Waals surface area (Å²) in [6, 6.07) is 18.3. The Bertz CT molecular complexity index is 1100. The molecule has 2 aliphatic carbocycles. The van der Waals surface area contributed by atoms with Crippen molar-refractivity contribution < 1.29 is 9.59 Å². The minimum absolute atomic E-state index is 0.0181. The Labute approximate surface area is 233 Å². The minimum atomic E-state index is -0.481. The molecule has 7 heteroatoms. The molecule has 1 heterocycles. The number of amides is 3. The van der Waals surface area contributed by atoms with Crippen molar-refractivity contribution in [2.24, 2.45) is 17.6 Å². The molecule has 0 radical (unpaired) electrons. The van der Waals surface area contributed by atoms with Crippen LogP contribution in [0.2, 0.25) is 0 Å². The van der Waals surface area contributed by atoms with E-state index in [2.05, 4.69) is 46.7 Å². The number of para-hydroxylation sites is 1. The summed E-state index contributed by atoms with van der Waals surface area (Å²) < 4.78 is 0. The van der Waals surface area contributed by atoms with Gasteiger partial charge in [-0.2, -0.15) is 0 Å². The fourth-order valence-corrected chi connectivity index (χ4v) is 6.44. The molecule has 1 saturated heterocycles. The Hall–Kier alpha value is -2.90. The van der Waals surface area contributed by atoms with Crippen molar-refractivity contribution in [3.05, 3.63) is 65.7 Å². The fraction of sp³-hybridized carbons (Fsp3) is 0.562. The van der Waals surface area contributed by atoms with Crippen molar-refractivity contribution in [2.45, 2.75) is 83.0 Å². The topological polar surface area (TPSA) is 90.7 Å². The molecular formula is C32H45N5O2. The van der Waals surface area contributed by atoms with Gasteiger partial charge >= 0.3 is 6.03 Å². The van der Waals surface area contributed by atoms with Crippen molar-refractivity contribution in [3.8, 4) is 0 Å². The van der Waals surface area contributed by atoms with Crippen molar-refractivity contribution in [2.75, 3.05) is 25.0 Å². The summed E-state index contributed by atoms with van der Waals surface area (Å²) in [7, 11) is 0. The van der Waals surface area contributed by atoms with E-state index in [0.29, 0.717) is 37.4 Å². The number of carbonyl (C=O) groups is 2. The van der Waals surface area contributed by atoms with E-state index in [1.54, 1.807) is 4.90 Å². The van der Waals surface area contributed by atoms with Crippen molar-refractivity contribution >= 4 is 17.6 Å². The lowest BCUT2D eigenvalue weighted by Crippen LogP contribution is -2.58.